The molecule has 0 aliphatic carbocycles. The lowest BCUT2D eigenvalue weighted by Gasteiger charge is -2.29. The first-order valence-corrected chi connectivity index (χ1v) is 15.1. The van der Waals surface area contributed by atoms with Crippen LogP contribution >= 0.6 is 0 Å². The zero-order valence-corrected chi connectivity index (χ0v) is 25.5. The van der Waals surface area contributed by atoms with Crippen LogP contribution in [0.4, 0.5) is 0 Å². The van der Waals surface area contributed by atoms with Gasteiger partial charge in [0.15, 0.2) is 11.5 Å². The van der Waals surface area contributed by atoms with Gasteiger partial charge in [0.1, 0.15) is 18.1 Å². The highest BCUT2D eigenvalue weighted by Crippen LogP contribution is 2.42. The highest BCUT2D eigenvalue weighted by atomic mass is 16.5. The van der Waals surface area contributed by atoms with E-state index in [1.165, 1.54) is 0 Å². The average molecular weight is 601 g/mol. The Morgan fingerprint density at radius 3 is 2.36 bits per heavy atom. The van der Waals surface area contributed by atoms with E-state index in [2.05, 4.69) is 4.90 Å². The Labute approximate surface area is 258 Å². The number of carbonyl (C=O) groups is 2. The number of hydrogen-bond acceptors (Lipinski definition) is 8. The summed E-state index contributed by atoms with van der Waals surface area (Å²) in [5.74, 6) is 0.0556. The van der Waals surface area contributed by atoms with Crippen molar-refractivity contribution in [3.63, 3.8) is 0 Å². The van der Waals surface area contributed by atoms with E-state index in [0.717, 1.165) is 25.2 Å². The van der Waals surface area contributed by atoms with Gasteiger partial charge in [0.25, 0.3) is 11.7 Å². The molecule has 1 unspecified atom stereocenters. The second kappa shape index (κ2) is 14.4. The Hall–Kier alpha value is -4.34. The molecule has 0 saturated carbocycles. The Balaban J connectivity index is 1.47. The Morgan fingerprint density at radius 2 is 1.68 bits per heavy atom. The van der Waals surface area contributed by atoms with Crippen LogP contribution in [0, 0.1) is 0 Å². The number of likely N-dealkylation sites (tertiary alicyclic amines) is 1. The summed E-state index contributed by atoms with van der Waals surface area (Å²) in [7, 11) is 1.55. The number of hydrogen-bond donors (Lipinski definition) is 1. The molecule has 44 heavy (non-hydrogen) atoms. The normalized spacial score (nSPS) is 18.5. The van der Waals surface area contributed by atoms with E-state index in [4.69, 9.17) is 18.9 Å². The molecule has 0 spiro atoms. The standard InChI is InChI=1S/C35H40N2O7/c1-24(2)44-28-13-10-26(11-14-28)33(38)31-32(37(35(40)34(31)39)17-7-16-36-18-20-42-21-19-36)27-12-15-29(30(22-27)41-3)43-23-25-8-5-4-6-9-25/h4-6,8-15,22,24,32,38H,7,16-21,23H2,1-3H3/b33-31+. The molecule has 2 aliphatic heterocycles. The minimum Gasteiger partial charge on any atom is -0.507 e. The minimum atomic E-state index is -0.802. The summed E-state index contributed by atoms with van der Waals surface area (Å²) in [6, 6.07) is 21.2. The zero-order valence-electron chi connectivity index (χ0n) is 25.5. The maximum absolute atomic E-state index is 13.6. The molecule has 9 heteroatoms. The number of aliphatic hydroxyl groups is 1. The van der Waals surface area contributed by atoms with E-state index in [-0.39, 0.29) is 17.4 Å². The molecule has 232 valence electrons. The highest BCUT2D eigenvalue weighted by molar-refractivity contribution is 6.46. The number of morpholine rings is 1. The predicted octanol–water partition coefficient (Wildman–Crippen LogP) is 5.21. The van der Waals surface area contributed by atoms with Crippen molar-refractivity contribution in [3.8, 4) is 17.2 Å². The van der Waals surface area contributed by atoms with Gasteiger partial charge in [-0.1, -0.05) is 36.4 Å². The van der Waals surface area contributed by atoms with Crippen molar-refractivity contribution in [2.45, 2.75) is 39.0 Å². The van der Waals surface area contributed by atoms with Crippen LogP contribution in [-0.2, 0) is 20.9 Å². The number of carbonyl (C=O) groups excluding carboxylic acids is 2. The van der Waals surface area contributed by atoms with Gasteiger partial charge in [0, 0.05) is 31.7 Å². The zero-order chi connectivity index (χ0) is 31.1. The van der Waals surface area contributed by atoms with Crippen LogP contribution in [0.1, 0.15) is 43.0 Å². The number of nitrogens with zero attached hydrogens (tertiary/aromatic N) is 2. The van der Waals surface area contributed by atoms with Gasteiger partial charge in [-0.3, -0.25) is 14.5 Å². The van der Waals surface area contributed by atoms with Gasteiger partial charge in [-0.05, 0) is 67.8 Å². The number of ketones is 1. The second-order valence-corrected chi connectivity index (χ2v) is 11.2. The quantitative estimate of drug-likeness (QED) is 0.172. The van der Waals surface area contributed by atoms with E-state index < -0.39 is 17.7 Å². The average Bonchev–Trinajstić information content (AvgIpc) is 3.29. The van der Waals surface area contributed by atoms with Crippen LogP contribution in [0.25, 0.3) is 5.76 Å². The Kier molecular flexibility index (Phi) is 10.2. The first kappa shape index (κ1) is 31.1. The fraction of sp³-hybridized carbons (Fsp3) is 0.371. The third kappa shape index (κ3) is 7.23. The smallest absolute Gasteiger partial charge is 0.295 e. The van der Waals surface area contributed by atoms with E-state index in [1.807, 2.05) is 50.2 Å². The van der Waals surface area contributed by atoms with E-state index in [0.29, 0.717) is 61.2 Å². The molecule has 3 aromatic carbocycles. The van der Waals surface area contributed by atoms with Crippen molar-refractivity contribution in [2.24, 2.45) is 0 Å². The molecule has 2 fully saturated rings. The van der Waals surface area contributed by atoms with Gasteiger partial charge in [-0.15, -0.1) is 0 Å². The molecule has 0 radical (unpaired) electrons. The van der Waals surface area contributed by atoms with Crippen LogP contribution in [0.3, 0.4) is 0 Å². The highest BCUT2D eigenvalue weighted by Gasteiger charge is 2.46. The monoisotopic (exact) mass is 600 g/mol. The van der Waals surface area contributed by atoms with Crippen molar-refractivity contribution in [3.05, 3.63) is 95.1 Å². The lowest BCUT2D eigenvalue weighted by molar-refractivity contribution is -0.140. The number of Topliss-reactive ketones (excluding diaryl/α,β-unsaturated/α-hetero) is 1. The van der Waals surface area contributed by atoms with Gasteiger partial charge >= 0.3 is 0 Å². The molecule has 2 heterocycles. The molecule has 0 bridgehead atoms. The van der Waals surface area contributed by atoms with Gasteiger partial charge < -0.3 is 29.0 Å². The predicted molar refractivity (Wildman–Crippen MR) is 167 cm³/mol. The third-order valence-corrected chi connectivity index (χ3v) is 7.76. The number of benzene rings is 3. The minimum absolute atomic E-state index is 0.00754. The summed E-state index contributed by atoms with van der Waals surface area (Å²) in [6.45, 7) is 8.37. The molecule has 3 aromatic rings. The lowest BCUT2D eigenvalue weighted by Crippen LogP contribution is -2.39. The molecular formula is C35H40N2O7. The number of methoxy groups -OCH3 is 1. The Bertz CT molecular complexity index is 1460. The van der Waals surface area contributed by atoms with Gasteiger partial charge in [-0.25, -0.2) is 0 Å². The van der Waals surface area contributed by atoms with E-state index in [1.54, 1.807) is 48.4 Å². The van der Waals surface area contributed by atoms with Crippen molar-refractivity contribution in [1.82, 2.24) is 9.80 Å². The summed E-state index contributed by atoms with van der Waals surface area (Å²) in [5, 5.41) is 11.5. The summed E-state index contributed by atoms with van der Waals surface area (Å²) in [4.78, 5) is 30.9. The maximum Gasteiger partial charge on any atom is 0.295 e. The van der Waals surface area contributed by atoms with Gasteiger partial charge in [-0.2, -0.15) is 0 Å². The lowest BCUT2D eigenvalue weighted by atomic mass is 9.95. The van der Waals surface area contributed by atoms with Crippen molar-refractivity contribution < 1.29 is 33.6 Å². The van der Waals surface area contributed by atoms with Crippen LogP contribution in [0.5, 0.6) is 17.2 Å². The molecule has 1 atom stereocenters. The molecule has 1 N–H and O–H groups in total. The van der Waals surface area contributed by atoms with Crippen LogP contribution in [0.2, 0.25) is 0 Å². The summed E-state index contributed by atoms with van der Waals surface area (Å²) >= 11 is 0. The first-order chi connectivity index (χ1) is 21.4. The summed E-state index contributed by atoms with van der Waals surface area (Å²) < 4.78 is 22.9. The Morgan fingerprint density at radius 1 is 0.955 bits per heavy atom. The molecular weight excluding hydrogens is 560 g/mol. The molecule has 2 aliphatic rings. The molecule has 1 amide bonds. The van der Waals surface area contributed by atoms with Crippen molar-refractivity contribution in [2.75, 3.05) is 46.5 Å². The number of amides is 1. The number of aliphatic hydroxyl groups excluding tert-OH is 1. The van der Waals surface area contributed by atoms with Gasteiger partial charge in [0.2, 0.25) is 0 Å². The third-order valence-electron chi connectivity index (χ3n) is 7.76. The van der Waals surface area contributed by atoms with Crippen LogP contribution in [0.15, 0.2) is 78.4 Å². The summed E-state index contributed by atoms with van der Waals surface area (Å²) in [6.07, 6.45) is 0.659. The topological polar surface area (TPSA) is 97.8 Å². The largest absolute Gasteiger partial charge is 0.507 e. The fourth-order valence-corrected chi connectivity index (χ4v) is 5.57. The maximum atomic E-state index is 13.6. The van der Waals surface area contributed by atoms with Gasteiger partial charge in [0.05, 0.1) is 38.0 Å². The first-order valence-electron chi connectivity index (χ1n) is 15.1. The molecule has 5 rings (SSSR count). The molecule has 9 nitrogen and oxygen atoms in total. The SMILES string of the molecule is COc1cc(C2/C(=C(\O)c3ccc(OC(C)C)cc3)C(=O)C(=O)N2CCCN2CCOCC2)ccc1OCc1ccccc1. The fourth-order valence-electron chi connectivity index (χ4n) is 5.57. The van der Waals surface area contributed by atoms with Crippen LogP contribution < -0.4 is 14.2 Å². The van der Waals surface area contributed by atoms with Crippen molar-refractivity contribution >= 4 is 17.4 Å². The second-order valence-electron chi connectivity index (χ2n) is 11.2. The summed E-state index contributed by atoms with van der Waals surface area (Å²) in [5.41, 5.74) is 2.11. The number of ether oxygens (including phenoxy) is 4. The van der Waals surface area contributed by atoms with Crippen molar-refractivity contribution in [1.29, 1.82) is 0 Å². The van der Waals surface area contributed by atoms with Crippen LogP contribution in [-0.4, -0.2) is 79.2 Å². The molecule has 2 saturated heterocycles. The van der Waals surface area contributed by atoms with E-state index >= 15 is 0 Å². The molecule has 0 aromatic heterocycles. The number of rotatable bonds is 12. The van der Waals surface area contributed by atoms with E-state index in [9.17, 15) is 14.7 Å².